The molecule has 6 nitrogen and oxygen atoms in total. The predicted octanol–water partition coefficient (Wildman–Crippen LogP) is 6.91. The minimum atomic E-state index is -0.621. The van der Waals surface area contributed by atoms with E-state index in [1.165, 1.54) is 6.08 Å². The summed E-state index contributed by atoms with van der Waals surface area (Å²) in [5, 5.41) is 3.36. The summed E-state index contributed by atoms with van der Waals surface area (Å²) in [6, 6.07) is 31.0. The molecule has 7 heteroatoms. The van der Waals surface area contributed by atoms with Gasteiger partial charge in [0, 0.05) is 16.8 Å². The molecule has 0 aliphatic carbocycles. The van der Waals surface area contributed by atoms with Crippen molar-refractivity contribution in [3.63, 3.8) is 0 Å². The molecule has 0 aliphatic heterocycles. The van der Waals surface area contributed by atoms with E-state index in [9.17, 15) is 9.59 Å². The molecule has 0 aliphatic rings. The van der Waals surface area contributed by atoms with Crippen molar-refractivity contribution in [3.8, 4) is 17.2 Å². The van der Waals surface area contributed by atoms with Crippen molar-refractivity contribution in [1.29, 1.82) is 0 Å². The van der Waals surface area contributed by atoms with Crippen LogP contribution in [0, 0.1) is 0 Å². The maximum Gasteiger partial charge on any atom is 0.331 e. The van der Waals surface area contributed by atoms with Gasteiger partial charge in [0.05, 0.1) is 0 Å². The van der Waals surface area contributed by atoms with E-state index in [0.717, 1.165) is 16.9 Å². The normalized spacial score (nSPS) is 10.6. The molecule has 4 aromatic rings. The number of nitrogens with one attached hydrogen (secondary N) is 1. The zero-order valence-electron chi connectivity index (χ0n) is 19.8. The lowest BCUT2D eigenvalue weighted by atomic mass is 10.2. The number of para-hydroxylation sites is 1. The fourth-order valence-corrected chi connectivity index (χ4v) is 3.33. The molecular formula is C30H24ClNO5. The predicted molar refractivity (Wildman–Crippen MR) is 144 cm³/mol. The molecule has 0 radical (unpaired) electrons. The zero-order valence-corrected chi connectivity index (χ0v) is 20.6. The Balaban J connectivity index is 1.17. The summed E-state index contributed by atoms with van der Waals surface area (Å²) in [4.78, 5) is 24.1. The number of rotatable bonds is 10. The van der Waals surface area contributed by atoms with Gasteiger partial charge in [0.15, 0.2) is 6.61 Å². The van der Waals surface area contributed by atoms with Crippen LogP contribution in [0.15, 0.2) is 109 Å². The first-order valence-electron chi connectivity index (χ1n) is 11.5. The van der Waals surface area contributed by atoms with Crippen molar-refractivity contribution in [2.45, 2.75) is 6.61 Å². The first-order valence-corrected chi connectivity index (χ1v) is 11.9. The lowest BCUT2D eigenvalue weighted by Crippen LogP contribution is -2.20. The fourth-order valence-electron chi connectivity index (χ4n) is 3.20. The SMILES string of the molecule is O=C(COC(=O)/C=C/c1ccc(OCc2ccc(Cl)cc2)cc1)Nc1ccc(Oc2ccccc2)cc1. The Morgan fingerprint density at radius 1 is 0.757 bits per heavy atom. The Bertz CT molecular complexity index is 1340. The zero-order chi connectivity index (χ0) is 25.9. The molecule has 0 spiro atoms. The maximum absolute atomic E-state index is 12.1. The lowest BCUT2D eigenvalue weighted by Gasteiger charge is -2.08. The highest BCUT2D eigenvalue weighted by Crippen LogP contribution is 2.22. The van der Waals surface area contributed by atoms with Gasteiger partial charge in [0.25, 0.3) is 5.91 Å². The van der Waals surface area contributed by atoms with E-state index < -0.39 is 18.5 Å². The Labute approximate surface area is 220 Å². The van der Waals surface area contributed by atoms with Crippen molar-refractivity contribution in [2.24, 2.45) is 0 Å². The summed E-state index contributed by atoms with van der Waals surface area (Å²) in [5.74, 6) is 0.996. The standard InChI is InChI=1S/C30H24ClNO5/c31-24-11-6-23(7-12-24)20-35-26-15-8-22(9-16-26)10-19-30(34)36-21-29(33)32-25-13-17-28(18-14-25)37-27-4-2-1-3-5-27/h1-19H,20-21H2,(H,32,33)/b19-10+. The average molecular weight is 514 g/mol. The molecule has 0 heterocycles. The largest absolute Gasteiger partial charge is 0.489 e. The number of carbonyl (C=O) groups is 2. The van der Waals surface area contributed by atoms with Crippen LogP contribution >= 0.6 is 11.6 Å². The second-order valence-corrected chi connectivity index (χ2v) is 8.35. The van der Waals surface area contributed by atoms with Crippen molar-refractivity contribution >= 4 is 35.2 Å². The van der Waals surface area contributed by atoms with E-state index in [1.54, 1.807) is 30.3 Å². The van der Waals surface area contributed by atoms with Gasteiger partial charge in [0.2, 0.25) is 0 Å². The minimum absolute atomic E-state index is 0.400. The summed E-state index contributed by atoms with van der Waals surface area (Å²) in [7, 11) is 0. The van der Waals surface area contributed by atoms with E-state index in [0.29, 0.717) is 28.8 Å². The van der Waals surface area contributed by atoms with Gasteiger partial charge in [-0.1, -0.05) is 54.1 Å². The Hall–Kier alpha value is -4.55. The summed E-state index contributed by atoms with van der Waals surface area (Å²) < 4.78 is 16.5. The van der Waals surface area contributed by atoms with Gasteiger partial charge in [-0.15, -0.1) is 0 Å². The molecule has 4 aromatic carbocycles. The first-order chi connectivity index (χ1) is 18.0. The van der Waals surface area contributed by atoms with Crippen LogP contribution in [-0.2, 0) is 20.9 Å². The van der Waals surface area contributed by atoms with Crippen LogP contribution in [0.4, 0.5) is 5.69 Å². The van der Waals surface area contributed by atoms with Crippen LogP contribution in [0.1, 0.15) is 11.1 Å². The third-order valence-corrected chi connectivity index (χ3v) is 5.33. The molecule has 37 heavy (non-hydrogen) atoms. The second-order valence-electron chi connectivity index (χ2n) is 7.91. The third-order valence-electron chi connectivity index (χ3n) is 5.07. The van der Waals surface area contributed by atoms with Crippen LogP contribution in [-0.4, -0.2) is 18.5 Å². The van der Waals surface area contributed by atoms with Gasteiger partial charge in [-0.05, 0) is 77.9 Å². The smallest absolute Gasteiger partial charge is 0.331 e. The molecule has 1 amide bonds. The molecule has 0 fully saturated rings. The average Bonchev–Trinajstić information content (AvgIpc) is 2.93. The van der Waals surface area contributed by atoms with Crippen LogP contribution in [0.5, 0.6) is 17.2 Å². The summed E-state index contributed by atoms with van der Waals surface area (Å²) >= 11 is 5.89. The number of hydrogen-bond acceptors (Lipinski definition) is 5. The number of anilines is 1. The lowest BCUT2D eigenvalue weighted by molar-refractivity contribution is -0.142. The molecule has 0 saturated heterocycles. The Morgan fingerprint density at radius 2 is 1.41 bits per heavy atom. The Kier molecular flexibility index (Phi) is 8.94. The number of carbonyl (C=O) groups excluding carboxylic acids is 2. The van der Waals surface area contributed by atoms with E-state index in [4.69, 9.17) is 25.8 Å². The molecule has 4 rings (SSSR count). The van der Waals surface area contributed by atoms with Gasteiger partial charge < -0.3 is 19.5 Å². The highest BCUT2D eigenvalue weighted by Gasteiger charge is 2.06. The first kappa shape index (κ1) is 25.5. The number of amides is 1. The molecule has 0 unspecified atom stereocenters. The monoisotopic (exact) mass is 513 g/mol. The van der Waals surface area contributed by atoms with Gasteiger partial charge in [-0.25, -0.2) is 4.79 Å². The van der Waals surface area contributed by atoms with Gasteiger partial charge in [-0.3, -0.25) is 4.79 Å². The summed E-state index contributed by atoms with van der Waals surface area (Å²) in [6.07, 6.45) is 2.88. The molecule has 0 atom stereocenters. The van der Waals surface area contributed by atoms with Crippen LogP contribution in [0.25, 0.3) is 6.08 Å². The maximum atomic E-state index is 12.1. The number of benzene rings is 4. The molecule has 0 bridgehead atoms. The molecule has 0 aromatic heterocycles. The fraction of sp³-hybridized carbons (Fsp3) is 0.0667. The summed E-state index contributed by atoms with van der Waals surface area (Å²) in [6.45, 7) is 0.0231. The number of esters is 1. The van der Waals surface area contributed by atoms with E-state index in [-0.39, 0.29) is 0 Å². The van der Waals surface area contributed by atoms with Crippen molar-refractivity contribution < 1.29 is 23.8 Å². The molecular weight excluding hydrogens is 490 g/mol. The van der Waals surface area contributed by atoms with Gasteiger partial charge >= 0.3 is 5.97 Å². The van der Waals surface area contributed by atoms with E-state index in [1.807, 2.05) is 78.9 Å². The second kappa shape index (κ2) is 13.0. The summed E-state index contributed by atoms with van der Waals surface area (Å²) in [5.41, 5.74) is 2.36. The third kappa shape index (κ3) is 8.56. The number of ether oxygens (including phenoxy) is 3. The number of hydrogen-bond donors (Lipinski definition) is 1. The quantitative estimate of drug-likeness (QED) is 0.184. The van der Waals surface area contributed by atoms with Crippen LogP contribution in [0.3, 0.4) is 0 Å². The molecule has 1 N–H and O–H groups in total. The topological polar surface area (TPSA) is 73.9 Å². The minimum Gasteiger partial charge on any atom is -0.489 e. The number of halogens is 1. The Morgan fingerprint density at radius 3 is 2.11 bits per heavy atom. The molecule has 186 valence electrons. The molecule has 0 saturated carbocycles. The highest BCUT2D eigenvalue weighted by molar-refractivity contribution is 6.30. The van der Waals surface area contributed by atoms with Crippen molar-refractivity contribution in [1.82, 2.24) is 0 Å². The van der Waals surface area contributed by atoms with Gasteiger partial charge in [-0.2, -0.15) is 0 Å². The van der Waals surface area contributed by atoms with Crippen molar-refractivity contribution in [3.05, 3.63) is 125 Å². The van der Waals surface area contributed by atoms with E-state index >= 15 is 0 Å². The highest BCUT2D eigenvalue weighted by atomic mass is 35.5. The van der Waals surface area contributed by atoms with E-state index in [2.05, 4.69) is 5.32 Å². The van der Waals surface area contributed by atoms with Crippen molar-refractivity contribution in [2.75, 3.05) is 11.9 Å². The van der Waals surface area contributed by atoms with Crippen LogP contribution in [0.2, 0.25) is 5.02 Å². The van der Waals surface area contributed by atoms with Crippen LogP contribution < -0.4 is 14.8 Å². The van der Waals surface area contributed by atoms with Gasteiger partial charge in [0.1, 0.15) is 23.9 Å².